The molecule has 0 aliphatic rings. The number of alkyl halides is 3. The number of unbranched alkanes of at least 4 members (excludes halogenated alkanes) is 1. The molecule has 15 heteroatoms. The standard InChI is InChI=1S/C33H34F5N3O7/c1-32(2,3)48-31(43)41(19-20-15-25(34)28(26(35)16-20)47-33(36,37)38)11-5-6-12-45-13-14-46-29-23-9-10-39-18-24(23)22-8-7-21(30(42)44-4)17-27(22)40-29/h7-10,15-18H,5-6,11-14,19H2,1-4H3. The summed E-state index contributed by atoms with van der Waals surface area (Å²) in [6.07, 6.45) is -1.85. The van der Waals surface area contributed by atoms with E-state index >= 15 is 0 Å². The lowest BCUT2D eigenvalue weighted by Gasteiger charge is -2.27. The van der Waals surface area contributed by atoms with E-state index in [1.807, 2.05) is 0 Å². The van der Waals surface area contributed by atoms with E-state index in [9.17, 15) is 31.5 Å². The zero-order chi connectivity index (χ0) is 35.1. The molecule has 0 fully saturated rings. The minimum atomic E-state index is -5.28. The van der Waals surface area contributed by atoms with Crippen LogP contribution in [0.2, 0.25) is 0 Å². The topological polar surface area (TPSA) is 109 Å². The van der Waals surface area contributed by atoms with E-state index in [0.717, 1.165) is 16.2 Å². The first-order valence-electron chi connectivity index (χ1n) is 14.8. The van der Waals surface area contributed by atoms with Gasteiger partial charge in [0.1, 0.15) is 12.2 Å². The van der Waals surface area contributed by atoms with Gasteiger partial charge in [0.05, 0.1) is 24.8 Å². The molecule has 4 rings (SSSR count). The van der Waals surface area contributed by atoms with Crippen molar-refractivity contribution >= 4 is 33.7 Å². The molecule has 0 saturated heterocycles. The van der Waals surface area contributed by atoms with Gasteiger partial charge < -0.3 is 28.6 Å². The number of amides is 1. The first-order valence-corrected chi connectivity index (χ1v) is 14.8. The van der Waals surface area contributed by atoms with Crippen LogP contribution in [0, 0.1) is 11.6 Å². The van der Waals surface area contributed by atoms with Gasteiger partial charge >= 0.3 is 18.4 Å². The Hall–Kier alpha value is -4.79. The maximum atomic E-state index is 14.3. The lowest BCUT2D eigenvalue weighted by Crippen LogP contribution is -2.37. The Morgan fingerprint density at radius 1 is 0.896 bits per heavy atom. The highest BCUT2D eigenvalue weighted by Crippen LogP contribution is 2.32. The van der Waals surface area contributed by atoms with Gasteiger partial charge in [-0.1, -0.05) is 6.07 Å². The number of carbonyl (C=O) groups is 2. The minimum Gasteiger partial charge on any atom is -0.475 e. The number of pyridine rings is 2. The number of benzene rings is 2. The molecule has 4 aromatic rings. The van der Waals surface area contributed by atoms with E-state index in [0.29, 0.717) is 41.9 Å². The smallest absolute Gasteiger partial charge is 0.475 e. The molecule has 0 bridgehead atoms. The summed E-state index contributed by atoms with van der Waals surface area (Å²) in [4.78, 5) is 34.8. The van der Waals surface area contributed by atoms with Gasteiger partial charge in [0.15, 0.2) is 11.6 Å². The van der Waals surface area contributed by atoms with Gasteiger partial charge in [0.2, 0.25) is 11.6 Å². The molecule has 0 unspecified atom stereocenters. The van der Waals surface area contributed by atoms with Crippen LogP contribution in [0.3, 0.4) is 0 Å². The van der Waals surface area contributed by atoms with Crippen LogP contribution in [0.25, 0.3) is 21.7 Å². The van der Waals surface area contributed by atoms with Crippen molar-refractivity contribution in [3.05, 3.63) is 71.6 Å². The highest BCUT2D eigenvalue weighted by atomic mass is 19.4. The number of rotatable bonds is 13. The molecule has 258 valence electrons. The average Bonchev–Trinajstić information content (AvgIpc) is 3.01. The average molecular weight is 680 g/mol. The van der Waals surface area contributed by atoms with Gasteiger partial charge in [-0.05, 0) is 69.5 Å². The third-order valence-corrected chi connectivity index (χ3v) is 6.72. The molecule has 0 saturated carbocycles. The number of methoxy groups -OCH3 is 1. The highest BCUT2D eigenvalue weighted by Gasteiger charge is 2.34. The van der Waals surface area contributed by atoms with Crippen molar-refractivity contribution in [3.8, 4) is 11.6 Å². The van der Waals surface area contributed by atoms with Crippen molar-refractivity contribution in [2.24, 2.45) is 0 Å². The van der Waals surface area contributed by atoms with E-state index in [1.54, 1.807) is 57.4 Å². The van der Waals surface area contributed by atoms with E-state index in [4.69, 9.17) is 18.9 Å². The zero-order valence-corrected chi connectivity index (χ0v) is 26.7. The van der Waals surface area contributed by atoms with E-state index < -0.39 is 41.4 Å². The number of aromatic nitrogens is 2. The minimum absolute atomic E-state index is 0.0918. The molecule has 2 heterocycles. The van der Waals surface area contributed by atoms with Crippen LogP contribution in [0.15, 0.2) is 48.8 Å². The van der Waals surface area contributed by atoms with Crippen LogP contribution < -0.4 is 9.47 Å². The molecule has 48 heavy (non-hydrogen) atoms. The third kappa shape index (κ3) is 9.86. The SMILES string of the molecule is COC(=O)c1ccc2c(c1)nc(OCCOCCCCN(Cc1cc(F)c(OC(F)(F)F)c(F)c1)C(=O)OC(C)(C)C)c1ccncc12. The summed E-state index contributed by atoms with van der Waals surface area (Å²) in [5.74, 6) is -4.85. The summed E-state index contributed by atoms with van der Waals surface area (Å²) in [6, 6.07) is 8.16. The Morgan fingerprint density at radius 2 is 1.62 bits per heavy atom. The van der Waals surface area contributed by atoms with Gasteiger partial charge in [0, 0.05) is 48.2 Å². The predicted octanol–water partition coefficient (Wildman–Crippen LogP) is 7.36. The van der Waals surface area contributed by atoms with Crippen LogP contribution in [0.1, 0.15) is 49.5 Å². The largest absolute Gasteiger partial charge is 0.573 e. The molecule has 10 nitrogen and oxygen atoms in total. The molecule has 0 spiro atoms. The Labute approximate surface area is 272 Å². The van der Waals surface area contributed by atoms with Gasteiger partial charge in [0.25, 0.3) is 0 Å². The zero-order valence-electron chi connectivity index (χ0n) is 26.7. The molecular formula is C33H34F5N3O7. The van der Waals surface area contributed by atoms with E-state index in [-0.39, 0.29) is 38.5 Å². The summed E-state index contributed by atoms with van der Waals surface area (Å²) < 4.78 is 91.3. The Morgan fingerprint density at radius 3 is 2.29 bits per heavy atom. The van der Waals surface area contributed by atoms with Crippen molar-refractivity contribution in [3.63, 3.8) is 0 Å². The van der Waals surface area contributed by atoms with Crippen LogP contribution in [-0.2, 0) is 20.8 Å². The molecule has 0 radical (unpaired) electrons. The number of hydrogen-bond donors (Lipinski definition) is 0. The number of fused-ring (bicyclic) bond motifs is 3. The van der Waals surface area contributed by atoms with Crippen LogP contribution in [-0.4, -0.2) is 72.4 Å². The molecule has 0 atom stereocenters. The van der Waals surface area contributed by atoms with Crippen LogP contribution in [0.5, 0.6) is 11.6 Å². The molecule has 2 aromatic heterocycles. The lowest BCUT2D eigenvalue weighted by atomic mass is 10.1. The van der Waals surface area contributed by atoms with Crippen molar-refractivity contribution < 1.29 is 55.2 Å². The third-order valence-electron chi connectivity index (χ3n) is 6.72. The summed E-state index contributed by atoms with van der Waals surface area (Å²) >= 11 is 0. The Bertz CT molecular complexity index is 1740. The predicted molar refractivity (Wildman–Crippen MR) is 164 cm³/mol. The van der Waals surface area contributed by atoms with Crippen molar-refractivity contribution in [2.45, 2.75) is 52.1 Å². The summed E-state index contributed by atoms with van der Waals surface area (Å²) in [5.41, 5.74) is -0.0936. The molecular weight excluding hydrogens is 645 g/mol. The number of halogens is 5. The Balaban J connectivity index is 1.32. The first-order chi connectivity index (χ1) is 22.6. The fraction of sp³-hybridized carbons (Fsp3) is 0.394. The number of ether oxygens (including phenoxy) is 5. The number of esters is 1. The second-order valence-electron chi connectivity index (χ2n) is 11.6. The van der Waals surface area contributed by atoms with Crippen molar-refractivity contribution in [1.82, 2.24) is 14.9 Å². The molecule has 0 aliphatic heterocycles. The van der Waals surface area contributed by atoms with Crippen LogP contribution >= 0.6 is 0 Å². The van der Waals surface area contributed by atoms with E-state index in [1.165, 1.54) is 12.0 Å². The summed E-state index contributed by atoms with van der Waals surface area (Å²) in [7, 11) is 1.29. The maximum Gasteiger partial charge on any atom is 0.573 e. The second-order valence-corrected chi connectivity index (χ2v) is 11.6. The Kier molecular flexibility index (Phi) is 11.6. The number of nitrogens with zero attached hydrogens (tertiary/aromatic N) is 3. The lowest BCUT2D eigenvalue weighted by molar-refractivity contribution is -0.276. The van der Waals surface area contributed by atoms with Crippen molar-refractivity contribution in [2.75, 3.05) is 33.5 Å². The maximum absolute atomic E-state index is 14.3. The monoisotopic (exact) mass is 679 g/mol. The summed E-state index contributed by atoms with van der Waals surface area (Å²) in [6.45, 7) is 5.37. The molecule has 2 aromatic carbocycles. The first kappa shape index (κ1) is 36.1. The molecule has 1 amide bonds. The molecule has 0 aliphatic carbocycles. The van der Waals surface area contributed by atoms with E-state index in [2.05, 4.69) is 14.7 Å². The van der Waals surface area contributed by atoms with Gasteiger partial charge in [-0.15, -0.1) is 13.2 Å². The van der Waals surface area contributed by atoms with Gasteiger partial charge in [-0.3, -0.25) is 4.98 Å². The highest BCUT2D eigenvalue weighted by molar-refractivity contribution is 6.08. The number of hydrogen-bond acceptors (Lipinski definition) is 9. The fourth-order valence-corrected chi connectivity index (χ4v) is 4.68. The number of carbonyl (C=O) groups excluding carboxylic acids is 2. The molecule has 0 N–H and O–H groups in total. The normalized spacial score (nSPS) is 11.9. The van der Waals surface area contributed by atoms with Gasteiger partial charge in [-0.2, -0.15) is 0 Å². The second kappa shape index (κ2) is 15.4. The quantitative estimate of drug-likeness (QED) is 0.0620. The van der Waals surface area contributed by atoms with Gasteiger partial charge in [-0.25, -0.2) is 23.4 Å². The summed E-state index contributed by atoms with van der Waals surface area (Å²) in [5, 5.41) is 2.31. The van der Waals surface area contributed by atoms with Crippen molar-refractivity contribution in [1.29, 1.82) is 0 Å². The van der Waals surface area contributed by atoms with Crippen LogP contribution in [0.4, 0.5) is 26.7 Å². The fourth-order valence-electron chi connectivity index (χ4n) is 4.68.